The maximum Gasteiger partial charge on any atom is 0.262 e. The van der Waals surface area contributed by atoms with Crippen LogP contribution in [0.3, 0.4) is 0 Å². The van der Waals surface area contributed by atoms with Gasteiger partial charge >= 0.3 is 0 Å². The van der Waals surface area contributed by atoms with Gasteiger partial charge in [0.25, 0.3) is 5.56 Å². The lowest BCUT2D eigenvalue weighted by Gasteiger charge is -2.16. The van der Waals surface area contributed by atoms with Gasteiger partial charge < -0.3 is 5.32 Å². The van der Waals surface area contributed by atoms with Gasteiger partial charge in [-0.1, -0.05) is 36.7 Å². The van der Waals surface area contributed by atoms with Gasteiger partial charge in [-0.05, 0) is 31.0 Å². The third kappa shape index (κ3) is 3.75. The van der Waals surface area contributed by atoms with Crippen molar-refractivity contribution < 1.29 is 4.79 Å². The van der Waals surface area contributed by atoms with Crippen molar-refractivity contribution in [2.45, 2.75) is 32.9 Å². The number of fused-ring (bicyclic) bond motifs is 1. The molecule has 0 aliphatic carbocycles. The molecule has 1 amide bonds. The van der Waals surface area contributed by atoms with Gasteiger partial charge in [0.15, 0.2) is 0 Å². The molecule has 1 atom stereocenters. The fraction of sp³-hybridized carbons (Fsp3) is 0.278. The second-order valence-corrected chi connectivity index (χ2v) is 7.30. The van der Waals surface area contributed by atoms with Crippen molar-refractivity contribution in [2.24, 2.45) is 0 Å². The van der Waals surface area contributed by atoms with Gasteiger partial charge in [0, 0.05) is 9.90 Å². The summed E-state index contributed by atoms with van der Waals surface area (Å²) >= 11 is 7.66. The number of carbonyl (C=O) groups is 1. The first-order chi connectivity index (χ1) is 12.0. The standard InChI is InChI=1S/C18H18ClN3O2S/c1-3-12-8-14-17(25-12)20-10-22(18(14)24)9-16(23)21-11(2)13-6-4-5-7-15(13)19/h4-8,10-11H,3,9H2,1-2H3,(H,21,23)/t11-/m1/s1. The van der Waals surface area contributed by atoms with E-state index >= 15 is 0 Å². The molecule has 0 aliphatic heterocycles. The number of amides is 1. The molecule has 130 valence electrons. The summed E-state index contributed by atoms with van der Waals surface area (Å²) in [6.07, 6.45) is 2.29. The third-order valence-electron chi connectivity index (χ3n) is 3.98. The highest BCUT2D eigenvalue weighted by Crippen LogP contribution is 2.22. The van der Waals surface area contributed by atoms with Crippen LogP contribution in [0.15, 0.2) is 41.5 Å². The highest BCUT2D eigenvalue weighted by atomic mass is 35.5. The predicted molar refractivity (Wildman–Crippen MR) is 101 cm³/mol. The van der Waals surface area contributed by atoms with Crippen LogP contribution in [0.2, 0.25) is 5.02 Å². The summed E-state index contributed by atoms with van der Waals surface area (Å²) in [4.78, 5) is 31.0. The van der Waals surface area contributed by atoms with E-state index in [-0.39, 0.29) is 24.1 Å². The topological polar surface area (TPSA) is 64.0 Å². The first kappa shape index (κ1) is 17.6. The summed E-state index contributed by atoms with van der Waals surface area (Å²) in [5, 5.41) is 4.03. The minimum absolute atomic E-state index is 0.0755. The minimum atomic E-state index is -0.262. The average molecular weight is 376 g/mol. The fourth-order valence-corrected chi connectivity index (χ4v) is 3.87. The molecular weight excluding hydrogens is 358 g/mol. The molecule has 3 aromatic rings. The SMILES string of the molecule is CCc1cc2c(=O)n(CC(=O)N[C@H](C)c3ccccc3Cl)cnc2s1. The van der Waals surface area contributed by atoms with Crippen LogP contribution >= 0.6 is 22.9 Å². The van der Waals surface area contributed by atoms with Gasteiger partial charge in [-0.25, -0.2) is 4.98 Å². The summed E-state index contributed by atoms with van der Waals surface area (Å²) in [7, 11) is 0. The highest BCUT2D eigenvalue weighted by Gasteiger charge is 2.14. The van der Waals surface area contributed by atoms with Crippen molar-refractivity contribution in [1.82, 2.24) is 14.9 Å². The molecular formula is C18H18ClN3O2S. The molecule has 0 saturated heterocycles. The Morgan fingerprint density at radius 3 is 2.88 bits per heavy atom. The maximum atomic E-state index is 12.5. The number of nitrogens with zero attached hydrogens (tertiary/aromatic N) is 2. The molecule has 0 spiro atoms. The molecule has 2 aromatic heterocycles. The molecule has 1 N–H and O–H groups in total. The Morgan fingerprint density at radius 1 is 1.40 bits per heavy atom. The largest absolute Gasteiger partial charge is 0.348 e. The van der Waals surface area contributed by atoms with Crippen LogP contribution in [-0.2, 0) is 17.8 Å². The Morgan fingerprint density at radius 2 is 2.16 bits per heavy atom. The summed E-state index contributed by atoms with van der Waals surface area (Å²) in [6.45, 7) is 3.82. The number of thiophene rings is 1. The van der Waals surface area contributed by atoms with E-state index in [9.17, 15) is 9.59 Å². The lowest BCUT2D eigenvalue weighted by atomic mass is 10.1. The van der Waals surface area contributed by atoms with E-state index < -0.39 is 0 Å². The van der Waals surface area contributed by atoms with Crippen molar-refractivity contribution in [3.63, 3.8) is 0 Å². The van der Waals surface area contributed by atoms with E-state index in [4.69, 9.17) is 11.6 Å². The van der Waals surface area contributed by atoms with Crippen LogP contribution < -0.4 is 10.9 Å². The zero-order valence-electron chi connectivity index (χ0n) is 14.0. The van der Waals surface area contributed by atoms with Crippen molar-refractivity contribution in [3.05, 3.63) is 62.5 Å². The van der Waals surface area contributed by atoms with E-state index in [0.29, 0.717) is 15.2 Å². The molecule has 7 heteroatoms. The number of hydrogen-bond donors (Lipinski definition) is 1. The molecule has 5 nitrogen and oxygen atoms in total. The van der Waals surface area contributed by atoms with E-state index in [1.54, 1.807) is 6.07 Å². The number of rotatable bonds is 5. The molecule has 0 bridgehead atoms. The monoisotopic (exact) mass is 375 g/mol. The van der Waals surface area contributed by atoms with E-state index in [1.807, 2.05) is 38.1 Å². The second kappa shape index (κ2) is 7.37. The summed E-state index contributed by atoms with van der Waals surface area (Å²) in [6, 6.07) is 8.96. The Labute approximate surface area is 154 Å². The van der Waals surface area contributed by atoms with Crippen molar-refractivity contribution in [1.29, 1.82) is 0 Å². The smallest absolute Gasteiger partial charge is 0.262 e. The first-order valence-corrected chi connectivity index (χ1v) is 9.20. The highest BCUT2D eigenvalue weighted by molar-refractivity contribution is 7.18. The number of halogens is 1. The van der Waals surface area contributed by atoms with Gasteiger partial charge in [-0.2, -0.15) is 0 Å². The molecule has 25 heavy (non-hydrogen) atoms. The number of aromatic nitrogens is 2. The van der Waals surface area contributed by atoms with Gasteiger partial charge in [-0.3, -0.25) is 14.2 Å². The predicted octanol–water partition coefficient (Wildman–Crippen LogP) is 3.55. The lowest BCUT2D eigenvalue weighted by Crippen LogP contribution is -2.33. The number of aryl methyl sites for hydroxylation is 1. The van der Waals surface area contributed by atoms with Gasteiger partial charge in [0.1, 0.15) is 11.4 Å². The van der Waals surface area contributed by atoms with E-state index in [0.717, 1.165) is 16.9 Å². The minimum Gasteiger partial charge on any atom is -0.348 e. The fourth-order valence-electron chi connectivity index (χ4n) is 2.64. The number of carbonyl (C=O) groups excluding carboxylic acids is 1. The van der Waals surface area contributed by atoms with Crippen LogP contribution in [0.25, 0.3) is 10.2 Å². The van der Waals surface area contributed by atoms with Crippen molar-refractivity contribution >= 4 is 39.1 Å². The Bertz CT molecular complexity index is 980. The van der Waals surface area contributed by atoms with Crippen LogP contribution in [0.1, 0.15) is 30.3 Å². The van der Waals surface area contributed by atoms with Gasteiger partial charge in [-0.15, -0.1) is 11.3 Å². The Hall–Kier alpha value is -2.18. The van der Waals surface area contributed by atoms with Crippen LogP contribution in [0.4, 0.5) is 0 Å². The molecule has 1 aromatic carbocycles. The molecule has 0 unspecified atom stereocenters. The molecule has 2 heterocycles. The van der Waals surface area contributed by atoms with Crippen LogP contribution in [0.5, 0.6) is 0 Å². The summed E-state index contributed by atoms with van der Waals surface area (Å²) < 4.78 is 1.34. The first-order valence-electron chi connectivity index (χ1n) is 8.01. The maximum absolute atomic E-state index is 12.5. The quantitative estimate of drug-likeness (QED) is 0.741. The van der Waals surface area contributed by atoms with Crippen molar-refractivity contribution in [3.8, 4) is 0 Å². The van der Waals surface area contributed by atoms with Crippen molar-refractivity contribution in [2.75, 3.05) is 0 Å². The molecule has 0 saturated carbocycles. The number of nitrogens with one attached hydrogen (secondary N) is 1. The third-order valence-corrected chi connectivity index (χ3v) is 5.51. The zero-order valence-corrected chi connectivity index (χ0v) is 15.5. The second-order valence-electron chi connectivity index (χ2n) is 5.77. The Balaban J connectivity index is 1.77. The van der Waals surface area contributed by atoms with Gasteiger partial charge in [0.2, 0.25) is 5.91 Å². The summed E-state index contributed by atoms with van der Waals surface area (Å²) in [5.74, 6) is -0.262. The van der Waals surface area contributed by atoms with E-state index in [1.165, 1.54) is 22.2 Å². The number of hydrogen-bond acceptors (Lipinski definition) is 4. The van der Waals surface area contributed by atoms with E-state index in [2.05, 4.69) is 10.3 Å². The average Bonchev–Trinajstić information content (AvgIpc) is 3.02. The zero-order chi connectivity index (χ0) is 18.0. The van der Waals surface area contributed by atoms with Gasteiger partial charge in [0.05, 0.1) is 17.8 Å². The number of benzene rings is 1. The van der Waals surface area contributed by atoms with Crippen LogP contribution in [-0.4, -0.2) is 15.5 Å². The molecule has 0 aliphatic rings. The molecule has 0 radical (unpaired) electrons. The van der Waals surface area contributed by atoms with Crippen LogP contribution in [0, 0.1) is 0 Å². The lowest BCUT2D eigenvalue weighted by molar-refractivity contribution is -0.122. The summed E-state index contributed by atoms with van der Waals surface area (Å²) in [5.41, 5.74) is 0.644. The normalized spacial score (nSPS) is 12.3. The molecule has 0 fully saturated rings. The Kier molecular flexibility index (Phi) is 5.20. The molecule has 3 rings (SSSR count).